The minimum absolute atomic E-state index is 0.0821. The van der Waals surface area contributed by atoms with Crippen molar-refractivity contribution in [1.29, 1.82) is 0 Å². The van der Waals surface area contributed by atoms with Crippen LogP contribution in [0.4, 0.5) is 5.69 Å². The number of carbonyl (C=O) groups is 1. The third kappa shape index (κ3) is 3.19. The summed E-state index contributed by atoms with van der Waals surface area (Å²) in [6.07, 6.45) is 3.57. The standard InChI is InChI=1S/C21H17NO4S/c23-20(26-14-6-9-16-7-2-1-3-8-16)15-22-18-12-4-10-17-11-5-13-19(21(17)18)27(22,24)25/h1-13H,14-15H2/b9-6+. The van der Waals surface area contributed by atoms with Gasteiger partial charge in [0.15, 0.2) is 0 Å². The molecule has 3 aromatic rings. The molecule has 1 heterocycles. The van der Waals surface area contributed by atoms with Gasteiger partial charge in [0.2, 0.25) is 0 Å². The number of sulfonamides is 1. The van der Waals surface area contributed by atoms with Gasteiger partial charge in [-0.25, -0.2) is 8.42 Å². The van der Waals surface area contributed by atoms with E-state index in [0.717, 1.165) is 15.3 Å². The van der Waals surface area contributed by atoms with Crippen LogP contribution in [-0.2, 0) is 19.6 Å². The highest BCUT2D eigenvalue weighted by Crippen LogP contribution is 2.41. The van der Waals surface area contributed by atoms with E-state index >= 15 is 0 Å². The summed E-state index contributed by atoms with van der Waals surface area (Å²) in [5.74, 6) is -0.596. The van der Waals surface area contributed by atoms with Crippen molar-refractivity contribution in [3.8, 4) is 0 Å². The lowest BCUT2D eigenvalue weighted by atomic mass is 10.1. The molecule has 0 saturated carbocycles. The van der Waals surface area contributed by atoms with Gasteiger partial charge in [0.25, 0.3) is 10.0 Å². The molecule has 0 fully saturated rings. The van der Waals surface area contributed by atoms with Crippen molar-refractivity contribution in [2.24, 2.45) is 0 Å². The Kier molecular flexibility index (Phi) is 4.41. The van der Waals surface area contributed by atoms with Crippen LogP contribution in [0.25, 0.3) is 16.8 Å². The van der Waals surface area contributed by atoms with Crippen molar-refractivity contribution < 1.29 is 17.9 Å². The summed E-state index contributed by atoms with van der Waals surface area (Å²) < 4.78 is 31.9. The lowest BCUT2D eigenvalue weighted by Gasteiger charge is -2.17. The topological polar surface area (TPSA) is 63.7 Å². The predicted molar refractivity (Wildman–Crippen MR) is 105 cm³/mol. The highest BCUT2D eigenvalue weighted by Gasteiger charge is 2.36. The maximum Gasteiger partial charge on any atom is 0.327 e. The Balaban J connectivity index is 1.48. The fourth-order valence-corrected chi connectivity index (χ4v) is 4.84. The van der Waals surface area contributed by atoms with Crippen LogP contribution in [-0.4, -0.2) is 27.5 Å². The molecule has 0 atom stereocenters. The van der Waals surface area contributed by atoms with Crippen LogP contribution >= 0.6 is 0 Å². The van der Waals surface area contributed by atoms with E-state index in [9.17, 15) is 13.2 Å². The minimum Gasteiger partial charge on any atom is -0.460 e. The summed E-state index contributed by atoms with van der Waals surface area (Å²) in [7, 11) is -3.75. The molecule has 136 valence electrons. The average Bonchev–Trinajstić information content (AvgIpc) is 2.90. The van der Waals surface area contributed by atoms with E-state index in [0.29, 0.717) is 11.1 Å². The molecule has 3 aromatic carbocycles. The molecule has 27 heavy (non-hydrogen) atoms. The van der Waals surface area contributed by atoms with Crippen LogP contribution in [0.1, 0.15) is 5.56 Å². The molecular formula is C21H17NO4S. The summed E-state index contributed by atoms with van der Waals surface area (Å²) in [4.78, 5) is 12.4. The first-order chi connectivity index (χ1) is 13.1. The van der Waals surface area contributed by atoms with Gasteiger partial charge in [-0.1, -0.05) is 60.7 Å². The maximum absolute atomic E-state index is 12.8. The molecule has 4 rings (SSSR count). The zero-order valence-corrected chi connectivity index (χ0v) is 15.2. The lowest BCUT2D eigenvalue weighted by molar-refractivity contribution is -0.140. The fraction of sp³-hybridized carbons (Fsp3) is 0.0952. The lowest BCUT2D eigenvalue weighted by Crippen LogP contribution is -2.33. The first kappa shape index (κ1) is 17.3. The van der Waals surface area contributed by atoms with Gasteiger partial charge in [-0.05, 0) is 29.2 Å². The van der Waals surface area contributed by atoms with Gasteiger partial charge >= 0.3 is 5.97 Å². The van der Waals surface area contributed by atoms with Gasteiger partial charge in [0.05, 0.1) is 10.6 Å². The van der Waals surface area contributed by atoms with Gasteiger partial charge in [-0.2, -0.15) is 0 Å². The first-order valence-corrected chi connectivity index (χ1v) is 9.93. The monoisotopic (exact) mass is 379 g/mol. The highest BCUT2D eigenvalue weighted by molar-refractivity contribution is 7.93. The van der Waals surface area contributed by atoms with Gasteiger partial charge in [0, 0.05) is 5.39 Å². The van der Waals surface area contributed by atoms with Crippen molar-refractivity contribution in [1.82, 2.24) is 0 Å². The zero-order chi connectivity index (χ0) is 18.9. The number of rotatable bonds is 5. The number of nitrogens with zero attached hydrogens (tertiary/aromatic N) is 1. The van der Waals surface area contributed by atoms with E-state index in [1.54, 1.807) is 30.3 Å². The second-order valence-electron chi connectivity index (χ2n) is 6.14. The Bertz CT molecular complexity index is 1130. The SMILES string of the molecule is O=C(CN1c2cccc3cccc(c23)S1(=O)=O)OC/C=C/c1ccccc1. The molecule has 1 aliphatic rings. The predicted octanol–water partition coefficient (Wildman–Crippen LogP) is 3.61. The maximum atomic E-state index is 12.8. The van der Waals surface area contributed by atoms with Gasteiger partial charge in [-0.3, -0.25) is 9.10 Å². The van der Waals surface area contributed by atoms with Gasteiger partial charge in [0.1, 0.15) is 13.2 Å². The second kappa shape index (κ2) is 6.89. The Morgan fingerprint density at radius 1 is 0.963 bits per heavy atom. The number of hydrogen-bond acceptors (Lipinski definition) is 4. The molecule has 0 unspecified atom stereocenters. The van der Waals surface area contributed by atoms with Crippen LogP contribution in [0, 0.1) is 0 Å². The molecule has 0 aliphatic carbocycles. The molecule has 5 nitrogen and oxygen atoms in total. The molecule has 0 radical (unpaired) electrons. The van der Waals surface area contributed by atoms with Crippen LogP contribution in [0.2, 0.25) is 0 Å². The first-order valence-electron chi connectivity index (χ1n) is 8.49. The molecule has 6 heteroatoms. The molecule has 0 spiro atoms. The molecule has 1 aliphatic heterocycles. The Morgan fingerprint density at radius 2 is 1.70 bits per heavy atom. The Morgan fingerprint density at radius 3 is 2.48 bits per heavy atom. The Hall–Kier alpha value is -3.12. The average molecular weight is 379 g/mol. The normalized spacial score (nSPS) is 14.7. The van der Waals surface area contributed by atoms with Crippen LogP contribution in [0.15, 0.2) is 77.7 Å². The van der Waals surface area contributed by atoms with Crippen molar-refractivity contribution >= 4 is 38.5 Å². The second-order valence-corrected chi connectivity index (χ2v) is 7.97. The van der Waals surface area contributed by atoms with E-state index in [-0.39, 0.29) is 18.0 Å². The number of ether oxygens (including phenoxy) is 1. The zero-order valence-electron chi connectivity index (χ0n) is 14.4. The third-order valence-electron chi connectivity index (χ3n) is 4.40. The smallest absolute Gasteiger partial charge is 0.327 e. The van der Waals surface area contributed by atoms with E-state index in [1.807, 2.05) is 48.5 Å². The largest absolute Gasteiger partial charge is 0.460 e. The Labute approximate surface area is 157 Å². The molecule has 0 N–H and O–H groups in total. The van der Waals surface area contributed by atoms with Crippen LogP contribution < -0.4 is 4.31 Å². The van der Waals surface area contributed by atoms with E-state index < -0.39 is 16.0 Å². The summed E-state index contributed by atoms with van der Waals surface area (Å²) in [5, 5.41) is 1.48. The number of anilines is 1. The summed E-state index contributed by atoms with van der Waals surface area (Å²) >= 11 is 0. The summed E-state index contributed by atoms with van der Waals surface area (Å²) in [5.41, 5.74) is 1.51. The van der Waals surface area contributed by atoms with Crippen molar-refractivity contribution in [3.63, 3.8) is 0 Å². The van der Waals surface area contributed by atoms with Crippen LogP contribution in [0.3, 0.4) is 0 Å². The molecular weight excluding hydrogens is 362 g/mol. The molecule has 0 aromatic heterocycles. The quantitative estimate of drug-likeness (QED) is 0.636. The molecule has 0 saturated heterocycles. The molecule has 0 amide bonds. The minimum atomic E-state index is -3.75. The number of benzene rings is 3. The number of esters is 1. The summed E-state index contributed by atoms with van der Waals surface area (Å²) in [6.45, 7) is -0.270. The van der Waals surface area contributed by atoms with E-state index in [2.05, 4.69) is 0 Å². The van der Waals surface area contributed by atoms with Crippen molar-refractivity contribution in [2.45, 2.75) is 4.90 Å². The number of hydrogen-bond donors (Lipinski definition) is 0. The van der Waals surface area contributed by atoms with Gasteiger partial charge < -0.3 is 4.74 Å². The summed E-state index contributed by atoms with van der Waals surface area (Å²) in [6, 6.07) is 20.1. The van der Waals surface area contributed by atoms with E-state index in [4.69, 9.17) is 4.74 Å². The third-order valence-corrected chi connectivity index (χ3v) is 6.21. The highest BCUT2D eigenvalue weighted by atomic mass is 32.2. The molecule has 0 bridgehead atoms. The fourth-order valence-electron chi connectivity index (χ4n) is 3.18. The van der Waals surface area contributed by atoms with E-state index in [1.165, 1.54) is 0 Å². The van der Waals surface area contributed by atoms with Crippen molar-refractivity contribution in [2.75, 3.05) is 17.5 Å². The van der Waals surface area contributed by atoms with Crippen molar-refractivity contribution in [3.05, 3.63) is 78.4 Å². The number of carbonyl (C=O) groups excluding carboxylic acids is 1. The van der Waals surface area contributed by atoms with Crippen LogP contribution in [0.5, 0.6) is 0 Å². The van der Waals surface area contributed by atoms with Gasteiger partial charge in [-0.15, -0.1) is 0 Å².